The lowest BCUT2D eigenvalue weighted by molar-refractivity contribution is 0.270. The quantitative estimate of drug-likeness (QED) is 0.176. The molecule has 6 nitrogen and oxygen atoms in total. The molecule has 268 valence electrons. The van der Waals surface area contributed by atoms with Crippen LogP contribution in [0.4, 0.5) is 0 Å². The second-order valence-electron chi connectivity index (χ2n) is 14.7. The molecule has 0 radical (unpaired) electrons. The Labute approximate surface area is 327 Å². The molecule has 2 unspecified atom stereocenters. The van der Waals surface area contributed by atoms with E-state index >= 15 is 0 Å². The minimum atomic E-state index is -0.203. The summed E-state index contributed by atoms with van der Waals surface area (Å²) in [5.41, 5.74) is 11.3. The Balaban J connectivity index is 0.890. The molecule has 2 aliphatic rings. The second kappa shape index (κ2) is 12.5. The van der Waals surface area contributed by atoms with Crippen molar-refractivity contribution < 1.29 is 9.15 Å². The fourth-order valence-corrected chi connectivity index (χ4v) is 8.64. The zero-order valence-corrected chi connectivity index (χ0v) is 30.6. The van der Waals surface area contributed by atoms with Crippen LogP contribution in [0.1, 0.15) is 17.3 Å². The van der Waals surface area contributed by atoms with Crippen LogP contribution in [0.5, 0.6) is 5.75 Å². The Morgan fingerprint density at radius 1 is 0.474 bits per heavy atom. The lowest BCUT2D eigenvalue weighted by atomic mass is 9.89. The first kappa shape index (κ1) is 31.7. The second-order valence-corrected chi connectivity index (χ2v) is 14.7. The van der Waals surface area contributed by atoms with Crippen LogP contribution in [0.15, 0.2) is 186 Å². The van der Waals surface area contributed by atoms with E-state index in [2.05, 4.69) is 150 Å². The van der Waals surface area contributed by atoms with Gasteiger partial charge in [-0.25, -0.2) is 15.0 Å². The molecular weight excluding hydrogens is 701 g/mol. The number of para-hydroxylation sites is 2. The Kier molecular flexibility index (Phi) is 6.95. The molecule has 10 aromatic rings. The zero-order valence-electron chi connectivity index (χ0n) is 30.6. The minimum absolute atomic E-state index is 0.0370. The van der Waals surface area contributed by atoms with Crippen LogP contribution in [0.3, 0.4) is 0 Å². The topological polar surface area (TPSA) is 66.0 Å². The number of hydrogen-bond donors (Lipinski definition) is 0. The van der Waals surface area contributed by atoms with Crippen molar-refractivity contribution in [2.45, 2.75) is 12.0 Å². The van der Waals surface area contributed by atoms with Gasteiger partial charge in [-0.05, 0) is 53.6 Å². The molecule has 0 saturated heterocycles. The number of benzene rings is 7. The molecule has 0 bridgehead atoms. The number of allylic oxidation sites excluding steroid dienone is 2. The molecule has 0 spiro atoms. The smallest absolute Gasteiger partial charge is 0.164 e. The third-order valence-electron chi connectivity index (χ3n) is 11.4. The highest BCUT2D eigenvalue weighted by molar-refractivity contribution is 6.10. The summed E-state index contributed by atoms with van der Waals surface area (Å²) >= 11 is 0. The van der Waals surface area contributed by atoms with Crippen molar-refractivity contribution in [3.63, 3.8) is 0 Å². The molecule has 7 aromatic carbocycles. The fraction of sp³-hybridized carbons (Fsp3) is 0.0392. The van der Waals surface area contributed by atoms with Gasteiger partial charge in [0.15, 0.2) is 17.5 Å². The molecule has 6 heteroatoms. The normalized spacial score (nSPS) is 15.9. The number of fused-ring (bicyclic) bond motifs is 9. The van der Waals surface area contributed by atoms with Crippen molar-refractivity contribution in [3.05, 3.63) is 193 Å². The molecule has 57 heavy (non-hydrogen) atoms. The van der Waals surface area contributed by atoms with E-state index in [0.29, 0.717) is 17.5 Å². The summed E-state index contributed by atoms with van der Waals surface area (Å²) in [4.78, 5) is 15.0. The van der Waals surface area contributed by atoms with Crippen molar-refractivity contribution in [1.82, 2.24) is 19.5 Å². The molecule has 12 rings (SSSR count). The van der Waals surface area contributed by atoms with E-state index in [1.807, 2.05) is 36.4 Å². The van der Waals surface area contributed by atoms with Crippen molar-refractivity contribution in [1.29, 1.82) is 0 Å². The van der Waals surface area contributed by atoms with Gasteiger partial charge < -0.3 is 13.7 Å². The summed E-state index contributed by atoms with van der Waals surface area (Å²) in [6.45, 7) is 0. The Morgan fingerprint density at radius 3 is 1.77 bits per heavy atom. The third-order valence-corrected chi connectivity index (χ3v) is 11.4. The molecule has 0 N–H and O–H groups in total. The monoisotopic (exact) mass is 732 g/mol. The number of rotatable bonds is 5. The highest BCUT2D eigenvalue weighted by Crippen LogP contribution is 2.47. The summed E-state index contributed by atoms with van der Waals surface area (Å²) in [5, 5.41) is 4.57. The van der Waals surface area contributed by atoms with Gasteiger partial charge in [-0.3, -0.25) is 0 Å². The van der Waals surface area contributed by atoms with Gasteiger partial charge in [0.25, 0.3) is 0 Å². The molecule has 2 atom stereocenters. The van der Waals surface area contributed by atoms with Crippen molar-refractivity contribution in [2.75, 3.05) is 0 Å². The molecule has 4 heterocycles. The molecule has 1 aliphatic carbocycles. The summed E-state index contributed by atoms with van der Waals surface area (Å²) in [7, 11) is 0. The number of ether oxygens (including phenoxy) is 1. The highest BCUT2D eigenvalue weighted by atomic mass is 16.5. The van der Waals surface area contributed by atoms with Gasteiger partial charge in [0.2, 0.25) is 0 Å². The first-order valence-corrected chi connectivity index (χ1v) is 19.3. The highest BCUT2D eigenvalue weighted by Gasteiger charge is 2.35. The summed E-state index contributed by atoms with van der Waals surface area (Å²) < 4.78 is 15.6. The van der Waals surface area contributed by atoms with Gasteiger partial charge in [-0.15, -0.1) is 0 Å². The maximum atomic E-state index is 6.71. The molecular formula is C51H32N4O2. The van der Waals surface area contributed by atoms with Gasteiger partial charge in [0.1, 0.15) is 23.0 Å². The zero-order chi connectivity index (χ0) is 37.5. The minimum Gasteiger partial charge on any atom is -0.485 e. The van der Waals surface area contributed by atoms with Gasteiger partial charge in [0, 0.05) is 61.5 Å². The first-order chi connectivity index (χ1) is 28.2. The van der Waals surface area contributed by atoms with Gasteiger partial charge >= 0.3 is 0 Å². The lowest BCUT2D eigenvalue weighted by Crippen LogP contribution is -2.18. The van der Waals surface area contributed by atoms with E-state index in [-0.39, 0.29) is 12.0 Å². The summed E-state index contributed by atoms with van der Waals surface area (Å²) in [6, 6.07) is 56.8. The van der Waals surface area contributed by atoms with Crippen LogP contribution in [0.2, 0.25) is 0 Å². The number of nitrogens with zero attached hydrogens (tertiary/aromatic N) is 4. The molecule has 0 saturated carbocycles. The van der Waals surface area contributed by atoms with E-state index in [1.165, 1.54) is 27.4 Å². The average Bonchev–Trinajstić information content (AvgIpc) is 3.94. The maximum Gasteiger partial charge on any atom is 0.164 e. The Morgan fingerprint density at radius 2 is 1.05 bits per heavy atom. The van der Waals surface area contributed by atoms with Crippen molar-refractivity contribution in [3.8, 4) is 45.3 Å². The van der Waals surface area contributed by atoms with Crippen LogP contribution in [0, 0.1) is 0 Å². The molecule has 0 fully saturated rings. The first-order valence-electron chi connectivity index (χ1n) is 19.3. The van der Waals surface area contributed by atoms with E-state index in [1.54, 1.807) is 0 Å². The van der Waals surface area contributed by atoms with Crippen LogP contribution in [-0.4, -0.2) is 25.6 Å². The van der Waals surface area contributed by atoms with Gasteiger partial charge in [-0.1, -0.05) is 133 Å². The fourth-order valence-electron chi connectivity index (χ4n) is 8.64. The Hall–Kier alpha value is -7.57. The van der Waals surface area contributed by atoms with Crippen molar-refractivity contribution >= 4 is 49.3 Å². The number of furan rings is 1. The van der Waals surface area contributed by atoms with Gasteiger partial charge in [0.05, 0.1) is 11.0 Å². The predicted molar refractivity (Wildman–Crippen MR) is 228 cm³/mol. The maximum absolute atomic E-state index is 6.71. The SMILES string of the molecule is C1=CC2c3cc4oc5cc(-n6c7ccccc7c7ccccc76)ccc5c4cc3OC2C=C1c1nc(-c2ccccc2)nc(-c2ccc(-c3ccccc3)cc2)n1. The Bertz CT molecular complexity index is 3220. The van der Waals surface area contributed by atoms with Crippen molar-refractivity contribution in [2.24, 2.45) is 0 Å². The van der Waals surface area contributed by atoms with E-state index in [9.17, 15) is 0 Å². The largest absolute Gasteiger partial charge is 0.485 e. The number of aromatic nitrogens is 4. The van der Waals surface area contributed by atoms with Gasteiger partial charge in [-0.2, -0.15) is 0 Å². The van der Waals surface area contributed by atoms with E-state index < -0.39 is 0 Å². The van der Waals surface area contributed by atoms with Crippen LogP contribution >= 0.6 is 0 Å². The van der Waals surface area contributed by atoms with E-state index in [4.69, 9.17) is 24.1 Å². The standard InChI is InChI=1S/C51H32N4O2/c1-3-11-31(12-4-1)32-19-21-34(22-20-32)50-52-49(33-13-5-2-6-14-33)53-51(54-50)35-23-25-39-41-29-48-42(30-47(41)56-45(39)27-35)40-26-24-36(28-46(40)57-48)55-43-17-9-7-15-37(43)38-16-8-10-18-44(38)55/h1-30,39,45H. The number of hydrogen-bond acceptors (Lipinski definition) is 5. The van der Waals surface area contributed by atoms with Crippen LogP contribution in [-0.2, 0) is 0 Å². The average molecular weight is 733 g/mol. The molecule has 1 aliphatic heterocycles. The third kappa shape index (κ3) is 5.15. The summed E-state index contributed by atoms with van der Waals surface area (Å²) in [5.74, 6) is 2.77. The van der Waals surface area contributed by atoms with Crippen LogP contribution in [0.25, 0.3) is 88.9 Å². The molecule has 3 aromatic heterocycles. The predicted octanol–water partition coefficient (Wildman–Crippen LogP) is 12.4. The molecule has 0 amide bonds. The van der Waals surface area contributed by atoms with E-state index in [0.717, 1.165) is 61.2 Å². The lowest BCUT2D eigenvalue weighted by Gasteiger charge is -2.18. The van der Waals surface area contributed by atoms with Crippen LogP contribution < -0.4 is 4.74 Å². The summed E-state index contributed by atoms with van der Waals surface area (Å²) in [6.07, 6.45) is 6.27.